The molecule has 0 aliphatic carbocycles. The van der Waals surface area contributed by atoms with Crippen LogP contribution in [0.2, 0.25) is 0 Å². The first-order valence-corrected chi connectivity index (χ1v) is 9.69. The summed E-state index contributed by atoms with van der Waals surface area (Å²) in [5.41, 5.74) is 0.470. The van der Waals surface area contributed by atoms with Crippen LogP contribution in [0.1, 0.15) is 34.9 Å². The SMILES string of the molecule is CCOC(=O)C1=C(COC(=O)c2sc3nc(C)[nH]c(=O)c3c2C)NC(=O)NC1C. The van der Waals surface area contributed by atoms with Gasteiger partial charge in [-0.3, -0.25) is 4.79 Å². The molecule has 10 nitrogen and oxygen atoms in total. The number of carbonyl (C=O) groups excluding carboxylic acids is 3. The van der Waals surface area contributed by atoms with E-state index in [2.05, 4.69) is 20.6 Å². The second-order valence-corrected chi connectivity index (χ2v) is 7.40. The Morgan fingerprint density at radius 3 is 2.59 bits per heavy atom. The Morgan fingerprint density at radius 2 is 1.90 bits per heavy atom. The number of aromatic nitrogens is 2. The van der Waals surface area contributed by atoms with Gasteiger partial charge in [0.05, 0.1) is 29.3 Å². The van der Waals surface area contributed by atoms with Crippen LogP contribution in [0.25, 0.3) is 10.2 Å². The van der Waals surface area contributed by atoms with Crippen LogP contribution >= 0.6 is 11.3 Å². The average molecular weight is 420 g/mol. The highest BCUT2D eigenvalue weighted by Gasteiger charge is 2.30. The van der Waals surface area contributed by atoms with Gasteiger partial charge >= 0.3 is 18.0 Å². The normalized spacial score (nSPS) is 16.4. The van der Waals surface area contributed by atoms with Gasteiger partial charge in [0.2, 0.25) is 0 Å². The number of nitrogens with zero attached hydrogens (tertiary/aromatic N) is 1. The Bertz CT molecular complexity index is 1100. The molecule has 3 heterocycles. The molecule has 154 valence electrons. The van der Waals surface area contributed by atoms with Crippen molar-refractivity contribution in [2.24, 2.45) is 0 Å². The van der Waals surface area contributed by atoms with Crippen LogP contribution in [0.3, 0.4) is 0 Å². The number of urea groups is 1. The summed E-state index contributed by atoms with van der Waals surface area (Å²) in [6, 6.07) is -1.12. The standard InChI is InChI=1S/C18H20N4O6S/c1-5-27-16(24)12-8(3)19-18(26)22-10(12)6-28-17(25)13-7(2)11-14(23)20-9(4)21-15(11)29-13/h8H,5-6H2,1-4H3,(H2,19,22,26)(H,20,21,23). The van der Waals surface area contributed by atoms with Crippen molar-refractivity contribution in [1.82, 2.24) is 20.6 Å². The molecule has 0 saturated heterocycles. The van der Waals surface area contributed by atoms with Gasteiger partial charge in [-0.1, -0.05) is 0 Å². The summed E-state index contributed by atoms with van der Waals surface area (Å²) in [4.78, 5) is 56.3. The molecule has 3 rings (SSSR count). The van der Waals surface area contributed by atoms with Crippen molar-refractivity contribution in [3.63, 3.8) is 0 Å². The zero-order valence-corrected chi connectivity index (χ0v) is 17.1. The molecule has 2 aromatic heterocycles. The van der Waals surface area contributed by atoms with E-state index in [-0.39, 0.29) is 34.9 Å². The third kappa shape index (κ3) is 3.99. The van der Waals surface area contributed by atoms with Crippen molar-refractivity contribution in [3.8, 4) is 0 Å². The van der Waals surface area contributed by atoms with Gasteiger partial charge in [-0.15, -0.1) is 11.3 Å². The first-order valence-electron chi connectivity index (χ1n) is 8.87. The van der Waals surface area contributed by atoms with Gasteiger partial charge in [-0.2, -0.15) is 0 Å². The highest BCUT2D eigenvalue weighted by molar-refractivity contribution is 7.20. The van der Waals surface area contributed by atoms with Gasteiger partial charge in [0.15, 0.2) is 0 Å². The average Bonchev–Trinajstić information content (AvgIpc) is 2.95. The lowest BCUT2D eigenvalue weighted by molar-refractivity contribution is -0.139. The van der Waals surface area contributed by atoms with E-state index in [1.54, 1.807) is 27.7 Å². The molecule has 1 aliphatic rings. The van der Waals surface area contributed by atoms with Crippen LogP contribution < -0.4 is 16.2 Å². The lowest BCUT2D eigenvalue weighted by Gasteiger charge is -2.26. The van der Waals surface area contributed by atoms with Crippen molar-refractivity contribution in [3.05, 3.63) is 37.9 Å². The van der Waals surface area contributed by atoms with E-state index >= 15 is 0 Å². The number of esters is 2. The first-order chi connectivity index (χ1) is 13.7. The molecule has 1 aliphatic heterocycles. The van der Waals surface area contributed by atoms with Gasteiger partial charge in [-0.05, 0) is 33.3 Å². The van der Waals surface area contributed by atoms with Crippen molar-refractivity contribution in [2.75, 3.05) is 13.2 Å². The number of thiophene rings is 1. The fourth-order valence-electron chi connectivity index (χ4n) is 3.04. The van der Waals surface area contributed by atoms with Crippen molar-refractivity contribution in [1.29, 1.82) is 0 Å². The Balaban J connectivity index is 1.88. The predicted molar refractivity (Wildman–Crippen MR) is 105 cm³/mol. The minimum absolute atomic E-state index is 0.152. The minimum atomic E-state index is -0.682. The zero-order chi connectivity index (χ0) is 21.3. The van der Waals surface area contributed by atoms with E-state index in [1.165, 1.54) is 0 Å². The van der Waals surface area contributed by atoms with E-state index in [0.29, 0.717) is 21.6 Å². The lowest BCUT2D eigenvalue weighted by Crippen LogP contribution is -2.50. The number of amides is 2. The first kappa shape index (κ1) is 20.5. The van der Waals surface area contributed by atoms with E-state index in [0.717, 1.165) is 11.3 Å². The van der Waals surface area contributed by atoms with Crippen LogP contribution in [0, 0.1) is 13.8 Å². The number of rotatable bonds is 5. The van der Waals surface area contributed by atoms with Crippen LogP contribution in [0.5, 0.6) is 0 Å². The Kier molecular flexibility index (Phi) is 5.69. The summed E-state index contributed by atoms with van der Waals surface area (Å²) in [5.74, 6) is -0.846. The summed E-state index contributed by atoms with van der Waals surface area (Å²) in [6.45, 7) is 6.42. The van der Waals surface area contributed by atoms with Gasteiger partial charge in [0, 0.05) is 0 Å². The quantitative estimate of drug-likeness (QED) is 0.619. The second-order valence-electron chi connectivity index (χ2n) is 6.40. The molecule has 2 amide bonds. The van der Waals surface area contributed by atoms with E-state index in [9.17, 15) is 19.2 Å². The number of H-pyrrole nitrogens is 1. The molecule has 29 heavy (non-hydrogen) atoms. The van der Waals surface area contributed by atoms with E-state index < -0.39 is 24.0 Å². The summed E-state index contributed by atoms with van der Waals surface area (Å²) < 4.78 is 10.3. The molecular weight excluding hydrogens is 400 g/mol. The molecule has 0 saturated carbocycles. The molecule has 0 radical (unpaired) electrons. The Hall–Kier alpha value is -3.21. The highest BCUT2D eigenvalue weighted by Crippen LogP contribution is 2.28. The summed E-state index contributed by atoms with van der Waals surface area (Å²) in [6.07, 6.45) is 0. The number of nitrogens with one attached hydrogen (secondary N) is 3. The molecule has 0 spiro atoms. The maximum Gasteiger partial charge on any atom is 0.349 e. The maximum atomic E-state index is 12.6. The Labute approximate surface area is 169 Å². The third-order valence-corrected chi connectivity index (χ3v) is 5.48. The number of aryl methyl sites for hydroxylation is 2. The molecule has 0 aromatic carbocycles. The van der Waals surface area contributed by atoms with Gasteiger partial charge in [-0.25, -0.2) is 19.4 Å². The zero-order valence-electron chi connectivity index (χ0n) is 16.3. The van der Waals surface area contributed by atoms with Gasteiger partial charge in [0.1, 0.15) is 22.1 Å². The van der Waals surface area contributed by atoms with Crippen LogP contribution in [-0.4, -0.2) is 47.2 Å². The van der Waals surface area contributed by atoms with Crippen LogP contribution in [0.15, 0.2) is 16.1 Å². The molecule has 1 unspecified atom stereocenters. The molecule has 11 heteroatoms. The highest BCUT2D eigenvalue weighted by atomic mass is 32.1. The van der Waals surface area contributed by atoms with Crippen molar-refractivity contribution >= 4 is 39.5 Å². The smallest absolute Gasteiger partial charge is 0.349 e. The number of hydrogen-bond acceptors (Lipinski definition) is 8. The lowest BCUT2D eigenvalue weighted by atomic mass is 10.0. The predicted octanol–water partition coefficient (Wildman–Crippen LogP) is 1.28. The van der Waals surface area contributed by atoms with Crippen molar-refractivity contribution in [2.45, 2.75) is 33.7 Å². The fraction of sp³-hybridized carbons (Fsp3) is 0.389. The second kappa shape index (κ2) is 8.03. The molecule has 0 fully saturated rings. The number of hydrogen-bond donors (Lipinski definition) is 3. The largest absolute Gasteiger partial charge is 0.463 e. The Morgan fingerprint density at radius 1 is 1.17 bits per heavy atom. The molecule has 0 bridgehead atoms. The summed E-state index contributed by atoms with van der Waals surface area (Å²) >= 11 is 1.05. The number of fused-ring (bicyclic) bond motifs is 1. The van der Waals surface area contributed by atoms with Crippen LogP contribution in [0.4, 0.5) is 4.79 Å². The number of carbonyl (C=O) groups is 3. The summed E-state index contributed by atoms with van der Waals surface area (Å²) in [7, 11) is 0. The molecular formula is C18H20N4O6S. The number of ether oxygens (including phenoxy) is 2. The fourth-order valence-corrected chi connectivity index (χ4v) is 4.16. The maximum absolute atomic E-state index is 12.6. The van der Waals surface area contributed by atoms with Crippen molar-refractivity contribution < 1.29 is 23.9 Å². The van der Waals surface area contributed by atoms with Crippen LogP contribution in [-0.2, 0) is 14.3 Å². The third-order valence-electron chi connectivity index (χ3n) is 4.32. The minimum Gasteiger partial charge on any atom is -0.463 e. The topological polar surface area (TPSA) is 139 Å². The monoisotopic (exact) mass is 420 g/mol. The molecule has 1 atom stereocenters. The molecule has 2 aromatic rings. The van der Waals surface area contributed by atoms with Gasteiger partial charge in [0.25, 0.3) is 5.56 Å². The van der Waals surface area contributed by atoms with E-state index in [1.807, 2.05) is 0 Å². The van der Waals surface area contributed by atoms with Gasteiger partial charge < -0.3 is 25.1 Å². The van der Waals surface area contributed by atoms with E-state index in [4.69, 9.17) is 9.47 Å². The summed E-state index contributed by atoms with van der Waals surface area (Å²) in [5, 5.41) is 5.39. The number of aromatic amines is 1. The molecule has 3 N–H and O–H groups in total.